The number of aryl methyl sites for hydroxylation is 2. The normalized spacial score (nSPS) is 12.0. The third-order valence-electron chi connectivity index (χ3n) is 3.96. The first kappa shape index (κ1) is 15.9. The van der Waals surface area contributed by atoms with Crippen molar-refractivity contribution in [1.82, 2.24) is 0 Å². The van der Waals surface area contributed by atoms with E-state index in [4.69, 9.17) is 4.74 Å². The summed E-state index contributed by atoms with van der Waals surface area (Å²) in [6.45, 7) is 3.95. The lowest BCUT2D eigenvalue weighted by molar-refractivity contribution is -0.138. The first-order valence-electron chi connectivity index (χ1n) is 7.08. The summed E-state index contributed by atoms with van der Waals surface area (Å²) in [5.74, 6) is -1.27. The second-order valence-electron chi connectivity index (χ2n) is 5.41. The predicted octanol–water partition coefficient (Wildman–Crippen LogP) is 3.43. The van der Waals surface area contributed by atoms with Gasteiger partial charge < -0.3 is 14.9 Å². The molecule has 0 aliphatic carbocycles. The molecule has 0 radical (unpaired) electrons. The fourth-order valence-corrected chi connectivity index (χ4v) is 2.45. The molecule has 116 valence electrons. The van der Waals surface area contributed by atoms with Gasteiger partial charge in [-0.25, -0.2) is 0 Å². The fourth-order valence-electron chi connectivity index (χ4n) is 2.45. The Balaban J connectivity index is 2.38. The predicted molar refractivity (Wildman–Crippen MR) is 84.7 cm³/mol. The zero-order valence-electron chi connectivity index (χ0n) is 13.0. The monoisotopic (exact) mass is 300 g/mol. The molecule has 2 rings (SSSR count). The molecule has 2 aromatic carbocycles. The molecule has 0 spiro atoms. The molecule has 0 saturated heterocycles. The van der Waals surface area contributed by atoms with Gasteiger partial charge in [0.15, 0.2) is 11.5 Å². The van der Waals surface area contributed by atoms with E-state index in [1.54, 1.807) is 18.2 Å². The molecule has 0 aromatic heterocycles. The number of methoxy groups -OCH3 is 1. The SMILES string of the molecule is COc1cccc(CC(C(=O)O)c2ccc(C)c(C)c2)c1O. The van der Waals surface area contributed by atoms with Crippen molar-refractivity contribution < 1.29 is 19.7 Å². The molecule has 2 aromatic rings. The standard InChI is InChI=1S/C18H20O4/c1-11-7-8-13(9-12(11)2)15(18(20)21)10-14-5-4-6-16(22-3)17(14)19/h4-9,15,19H,10H2,1-3H3,(H,20,21). The van der Waals surface area contributed by atoms with Crippen LogP contribution >= 0.6 is 0 Å². The van der Waals surface area contributed by atoms with Crippen LogP contribution < -0.4 is 4.74 Å². The molecule has 2 N–H and O–H groups in total. The number of benzene rings is 2. The van der Waals surface area contributed by atoms with Crippen LogP contribution in [0.5, 0.6) is 11.5 Å². The highest BCUT2D eigenvalue weighted by Crippen LogP contribution is 2.33. The number of hydrogen-bond donors (Lipinski definition) is 2. The number of aromatic hydroxyl groups is 1. The number of carboxylic acids is 1. The van der Waals surface area contributed by atoms with Crippen molar-refractivity contribution >= 4 is 5.97 Å². The highest BCUT2D eigenvalue weighted by Gasteiger charge is 2.23. The van der Waals surface area contributed by atoms with Crippen LogP contribution in [0.25, 0.3) is 0 Å². The Morgan fingerprint density at radius 3 is 2.50 bits per heavy atom. The maximum absolute atomic E-state index is 11.7. The first-order valence-corrected chi connectivity index (χ1v) is 7.08. The zero-order valence-corrected chi connectivity index (χ0v) is 13.0. The van der Waals surface area contributed by atoms with Crippen LogP contribution in [0.15, 0.2) is 36.4 Å². The van der Waals surface area contributed by atoms with Gasteiger partial charge in [-0.3, -0.25) is 4.79 Å². The summed E-state index contributed by atoms with van der Waals surface area (Å²) in [5, 5.41) is 19.7. The molecule has 1 atom stereocenters. The summed E-state index contributed by atoms with van der Waals surface area (Å²) in [5.41, 5.74) is 3.47. The van der Waals surface area contributed by atoms with E-state index >= 15 is 0 Å². The summed E-state index contributed by atoms with van der Waals surface area (Å²) in [6, 6.07) is 10.8. The topological polar surface area (TPSA) is 66.8 Å². The fraction of sp³-hybridized carbons (Fsp3) is 0.278. The van der Waals surface area contributed by atoms with Gasteiger partial charge in [-0.1, -0.05) is 30.3 Å². The number of carbonyl (C=O) groups is 1. The van der Waals surface area contributed by atoms with Crippen molar-refractivity contribution in [3.8, 4) is 11.5 Å². The van der Waals surface area contributed by atoms with Crippen LogP contribution in [0, 0.1) is 13.8 Å². The summed E-state index contributed by atoms with van der Waals surface area (Å²) < 4.78 is 5.07. The van der Waals surface area contributed by atoms with E-state index in [1.807, 2.05) is 32.0 Å². The smallest absolute Gasteiger partial charge is 0.311 e. The van der Waals surface area contributed by atoms with Crippen molar-refractivity contribution in [2.75, 3.05) is 7.11 Å². The van der Waals surface area contributed by atoms with Gasteiger partial charge >= 0.3 is 5.97 Å². The van der Waals surface area contributed by atoms with E-state index in [2.05, 4.69) is 0 Å². The van der Waals surface area contributed by atoms with E-state index in [0.717, 1.165) is 16.7 Å². The van der Waals surface area contributed by atoms with Crippen LogP contribution in [0.2, 0.25) is 0 Å². The van der Waals surface area contributed by atoms with Crippen molar-refractivity contribution in [2.24, 2.45) is 0 Å². The molecular formula is C18H20O4. The molecule has 4 nitrogen and oxygen atoms in total. The summed E-state index contributed by atoms with van der Waals surface area (Å²) in [4.78, 5) is 11.7. The largest absolute Gasteiger partial charge is 0.504 e. The lowest BCUT2D eigenvalue weighted by atomic mass is 9.90. The number of para-hydroxylation sites is 1. The molecule has 0 amide bonds. The van der Waals surface area contributed by atoms with Crippen molar-refractivity contribution in [2.45, 2.75) is 26.2 Å². The average Bonchev–Trinajstić information content (AvgIpc) is 2.49. The van der Waals surface area contributed by atoms with E-state index < -0.39 is 11.9 Å². The highest BCUT2D eigenvalue weighted by molar-refractivity contribution is 5.77. The quantitative estimate of drug-likeness (QED) is 0.888. The summed E-state index contributed by atoms with van der Waals surface area (Å²) in [6.07, 6.45) is 0.209. The molecule has 0 saturated carbocycles. The Morgan fingerprint density at radius 2 is 1.91 bits per heavy atom. The molecule has 0 heterocycles. The van der Waals surface area contributed by atoms with Crippen LogP contribution in [0.3, 0.4) is 0 Å². The third kappa shape index (κ3) is 3.22. The van der Waals surface area contributed by atoms with Gasteiger partial charge in [0.05, 0.1) is 13.0 Å². The Morgan fingerprint density at radius 1 is 1.18 bits per heavy atom. The van der Waals surface area contributed by atoms with Crippen LogP contribution in [-0.4, -0.2) is 23.3 Å². The molecule has 0 aliphatic heterocycles. The van der Waals surface area contributed by atoms with Gasteiger partial charge in [-0.2, -0.15) is 0 Å². The molecule has 4 heteroatoms. The molecule has 0 bridgehead atoms. The Hall–Kier alpha value is -2.49. The van der Waals surface area contributed by atoms with Gasteiger partial charge in [-0.15, -0.1) is 0 Å². The molecule has 0 fully saturated rings. The number of carboxylic acid groups (broad SMARTS) is 1. The van der Waals surface area contributed by atoms with E-state index in [0.29, 0.717) is 11.3 Å². The minimum Gasteiger partial charge on any atom is -0.504 e. The molecular weight excluding hydrogens is 280 g/mol. The average molecular weight is 300 g/mol. The van der Waals surface area contributed by atoms with Crippen LogP contribution in [0.1, 0.15) is 28.2 Å². The Kier molecular flexibility index (Phi) is 4.71. The van der Waals surface area contributed by atoms with Crippen molar-refractivity contribution in [3.63, 3.8) is 0 Å². The lowest BCUT2D eigenvalue weighted by Crippen LogP contribution is -2.15. The van der Waals surface area contributed by atoms with E-state index in [9.17, 15) is 15.0 Å². The van der Waals surface area contributed by atoms with Crippen molar-refractivity contribution in [1.29, 1.82) is 0 Å². The number of aliphatic carboxylic acids is 1. The maximum atomic E-state index is 11.7. The van der Waals surface area contributed by atoms with Gasteiger partial charge in [0, 0.05) is 0 Å². The van der Waals surface area contributed by atoms with Crippen molar-refractivity contribution in [3.05, 3.63) is 58.7 Å². The summed E-state index contributed by atoms with van der Waals surface area (Å²) >= 11 is 0. The second-order valence-corrected chi connectivity index (χ2v) is 5.41. The Bertz CT molecular complexity index is 691. The number of rotatable bonds is 5. The minimum atomic E-state index is -0.912. The van der Waals surface area contributed by atoms with Crippen LogP contribution in [-0.2, 0) is 11.2 Å². The first-order chi connectivity index (χ1) is 10.4. The van der Waals surface area contributed by atoms with Gasteiger partial charge in [0.1, 0.15) is 0 Å². The highest BCUT2D eigenvalue weighted by atomic mass is 16.5. The number of hydrogen-bond acceptors (Lipinski definition) is 3. The third-order valence-corrected chi connectivity index (χ3v) is 3.96. The second kappa shape index (κ2) is 6.52. The van der Waals surface area contributed by atoms with Gasteiger partial charge in [0.2, 0.25) is 0 Å². The minimum absolute atomic E-state index is 0.0000774. The molecule has 0 aliphatic rings. The molecule has 22 heavy (non-hydrogen) atoms. The number of phenols is 1. The Labute approximate surface area is 130 Å². The summed E-state index contributed by atoms with van der Waals surface area (Å²) in [7, 11) is 1.47. The maximum Gasteiger partial charge on any atom is 0.311 e. The van der Waals surface area contributed by atoms with Gasteiger partial charge in [-0.05, 0) is 48.6 Å². The number of ether oxygens (including phenoxy) is 1. The number of phenolic OH excluding ortho intramolecular Hbond substituents is 1. The van der Waals surface area contributed by atoms with E-state index in [1.165, 1.54) is 7.11 Å². The van der Waals surface area contributed by atoms with Gasteiger partial charge in [0.25, 0.3) is 0 Å². The zero-order chi connectivity index (χ0) is 16.3. The molecule has 1 unspecified atom stereocenters. The lowest BCUT2D eigenvalue weighted by Gasteiger charge is -2.16. The van der Waals surface area contributed by atoms with Crippen LogP contribution in [0.4, 0.5) is 0 Å². The van der Waals surface area contributed by atoms with E-state index in [-0.39, 0.29) is 12.2 Å².